The van der Waals surface area contributed by atoms with Gasteiger partial charge in [-0.2, -0.15) is 0 Å². The summed E-state index contributed by atoms with van der Waals surface area (Å²) in [5, 5.41) is 10.7. The fourth-order valence-electron chi connectivity index (χ4n) is 17.7. The summed E-state index contributed by atoms with van der Waals surface area (Å²) < 4.78 is 82.7. The first-order valence-electron chi connectivity index (χ1n) is 35.3. The second-order valence-corrected chi connectivity index (χ2v) is 36.9. The summed E-state index contributed by atoms with van der Waals surface area (Å²) in [6.07, 6.45) is 11.1. The van der Waals surface area contributed by atoms with Crippen molar-refractivity contribution in [1.29, 1.82) is 0 Å². The van der Waals surface area contributed by atoms with Crippen molar-refractivity contribution in [3.63, 3.8) is 0 Å². The van der Waals surface area contributed by atoms with Gasteiger partial charge in [0.25, 0.3) is 0 Å². The van der Waals surface area contributed by atoms with Gasteiger partial charge < -0.3 is 52.5 Å². The molecule has 8 saturated heterocycles. The molecule has 8 aliphatic carbocycles. The third-order valence-electron chi connectivity index (χ3n) is 23.9. The Bertz CT molecular complexity index is 3280. The largest absolute Gasteiger partial charge is 0.462 e. The van der Waals surface area contributed by atoms with E-state index in [4.69, 9.17) is 47.4 Å². The van der Waals surface area contributed by atoms with Crippen LogP contribution >= 0.6 is 0 Å². The molecule has 0 aromatic rings. The molecule has 16 unspecified atom stereocenters. The number of nitrogens with one attached hydrogen (secondary N) is 1. The minimum absolute atomic E-state index is 0. The minimum atomic E-state index is -3.75. The highest BCUT2D eigenvalue weighted by molar-refractivity contribution is 7.89. The number of amides is 1. The predicted molar refractivity (Wildman–Crippen MR) is 400 cm³/mol. The monoisotopic (exact) mass is 1520 g/mol. The van der Waals surface area contributed by atoms with Crippen molar-refractivity contribution >= 4 is 69.7 Å². The summed E-state index contributed by atoms with van der Waals surface area (Å²) in [4.78, 5) is 126. The van der Waals surface area contributed by atoms with Crippen LogP contribution in [0.2, 0.25) is 0 Å². The van der Waals surface area contributed by atoms with E-state index in [0.29, 0.717) is 128 Å². The van der Waals surface area contributed by atoms with Crippen LogP contribution in [0.4, 0.5) is 0 Å². The van der Waals surface area contributed by atoms with Crippen LogP contribution in [0.5, 0.6) is 0 Å². The Balaban J connectivity index is 0.000000686. The second kappa shape index (κ2) is 33.4. The van der Waals surface area contributed by atoms with E-state index in [2.05, 4.69) is 4.72 Å². The van der Waals surface area contributed by atoms with Gasteiger partial charge in [0.1, 0.15) is 52.4 Å². The number of sulfonamides is 1. The lowest BCUT2D eigenvalue weighted by atomic mass is 9.56. The quantitative estimate of drug-likeness (QED) is 0.107. The predicted octanol–water partition coefficient (Wildman–Crippen LogP) is 14.5. The maximum absolute atomic E-state index is 13.1. The molecule has 8 aliphatic heterocycles. The first-order valence-corrected chi connectivity index (χ1v) is 37.2. The molecule has 1 amide bonds. The fraction of sp³-hybridized carbons (Fsp3) is 0.875. The van der Waals surface area contributed by atoms with Crippen molar-refractivity contribution in [2.75, 3.05) is 13.4 Å². The Morgan fingerprint density at radius 2 is 0.686 bits per heavy atom. The average molecular weight is 1520 g/mol. The standard InChI is InChI=1S/C21H32O6.C18H27NO7S.C17H26O5.C16H24O5.8CH4/c1-7-19(5,6)16(23)27-21-9-13-8-20(12-21,17(24)26-18(2,3)4)10-14(11-21)25-15(13)22;1-5-16(2,3)15(22)26-18-7-11-6-17(10-18,14(21)19-27(4,23)24)8-12(9-18)25-13(11)20;1-5-15(2,3)14(19)22-17-7-11-6-16(10-17,20-4)8-12(9-17)21-13(11)18;1-4-14(2,3)13(18)21-16-6-10-5-15(19,9-16)7-11(8-16)20-12(10)17;;;;;;;;/h13-14H,7-12H2,1-6H3;11-12H,5-10H2,1-4H3,(H,19,21);11-12H,5-10H2,1-4H3;10-11,19H,4-9H2,1-3H3;8*1H4. The summed E-state index contributed by atoms with van der Waals surface area (Å²) in [6.45, 7) is 28.1. The van der Waals surface area contributed by atoms with Gasteiger partial charge in [-0.1, -0.05) is 87.1 Å². The van der Waals surface area contributed by atoms with Crippen molar-refractivity contribution in [3.8, 4) is 0 Å². The number of aliphatic hydroxyl groups is 1. The molecule has 105 heavy (non-hydrogen) atoms. The van der Waals surface area contributed by atoms with Crippen LogP contribution in [0.15, 0.2) is 0 Å². The van der Waals surface area contributed by atoms with Gasteiger partial charge in [-0.15, -0.1) is 0 Å². The Hall–Kier alpha value is -5.43. The molecular weight excluding hydrogens is 1370 g/mol. The maximum atomic E-state index is 13.1. The van der Waals surface area contributed by atoms with Crippen molar-refractivity contribution < 1.29 is 109 Å². The number of carbonyl (C=O) groups excluding carboxylic acids is 10. The van der Waals surface area contributed by atoms with Crippen LogP contribution in [0, 0.1) is 56.2 Å². The van der Waals surface area contributed by atoms with Gasteiger partial charge in [0.2, 0.25) is 15.9 Å². The van der Waals surface area contributed by atoms with Gasteiger partial charge in [-0.3, -0.25) is 52.7 Å². The average Bonchev–Trinajstić information content (AvgIpc) is 1.29. The number of esters is 9. The Morgan fingerprint density at radius 1 is 0.410 bits per heavy atom. The van der Waals surface area contributed by atoms with E-state index >= 15 is 0 Å². The van der Waals surface area contributed by atoms with Gasteiger partial charge in [-0.05, 0) is 134 Å². The molecule has 0 aromatic heterocycles. The van der Waals surface area contributed by atoms with Crippen LogP contribution in [-0.2, 0) is 105 Å². The van der Waals surface area contributed by atoms with Crippen LogP contribution < -0.4 is 4.72 Å². The van der Waals surface area contributed by atoms with Crippen molar-refractivity contribution in [2.24, 2.45) is 56.2 Å². The van der Waals surface area contributed by atoms with Crippen molar-refractivity contribution in [2.45, 2.75) is 381 Å². The molecule has 0 aromatic carbocycles. The lowest BCUT2D eigenvalue weighted by molar-refractivity contribution is -0.208. The van der Waals surface area contributed by atoms with Crippen molar-refractivity contribution in [3.05, 3.63) is 0 Å². The smallest absolute Gasteiger partial charge is 0.312 e. The van der Waals surface area contributed by atoms with Crippen LogP contribution in [-0.4, -0.2) is 150 Å². The molecule has 8 heterocycles. The normalized spacial score (nSPS) is 35.0. The second-order valence-electron chi connectivity index (χ2n) is 35.1. The molecule has 0 radical (unpaired) electrons. The molecule has 25 heteroatoms. The zero-order valence-corrected chi connectivity index (χ0v) is 61.2. The first kappa shape index (κ1) is 97.6. The SMILES string of the molecule is C.C.C.C.C.C.C.C.CCC(C)(C)C(=O)OC12CC3CC(C(=O)NS(C)(=O)=O)(CC(C1)C(=O)O3)C2.CCC(C)(C)C(=O)OC12CC3CC(C(=O)OC(C)(C)C)(CC(C1)C(=O)O3)C2.CCC(C)(C)C(=O)OC12CC3CC(O)(CC(C1)C(=O)O3)C2.CCC(C)(C)C(=O)OC12CC3CC(OC)(CC(C1)C(=O)O3)C2. The molecule has 8 saturated carbocycles. The zero-order valence-electron chi connectivity index (χ0n) is 60.4. The van der Waals surface area contributed by atoms with Gasteiger partial charge in [-0.25, -0.2) is 8.42 Å². The topological polar surface area (TPSA) is 329 Å². The fourth-order valence-corrected chi connectivity index (χ4v) is 18.2. The van der Waals surface area contributed by atoms with E-state index in [0.717, 1.165) is 12.7 Å². The molecule has 0 spiro atoms. The molecule has 610 valence electrons. The number of carbonyl (C=O) groups is 10. The highest BCUT2D eigenvalue weighted by atomic mass is 32.2. The van der Waals surface area contributed by atoms with E-state index in [-0.39, 0.29) is 150 Å². The Morgan fingerprint density at radius 3 is 1.03 bits per heavy atom. The van der Waals surface area contributed by atoms with Gasteiger partial charge in [0.05, 0.1) is 73.6 Å². The third-order valence-corrected chi connectivity index (χ3v) is 24.5. The molecular formula is C80H141NO23S. The van der Waals surface area contributed by atoms with Crippen molar-refractivity contribution in [1.82, 2.24) is 4.72 Å². The molecule has 2 N–H and O–H groups in total. The molecule has 16 fully saturated rings. The van der Waals surface area contributed by atoms with E-state index in [1.165, 1.54) is 0 Å². The number of hydrogen-bond donors (Lipinski definition) is 2. The van der Waals surface area contributed by atoms with E-state index in [9.17, 15) is 61.5 Å². The number of fused-ring (bicyclic) bond motifs is 4. The summed E-state index contributed by atoms with van der Waals surface area (Å²) in [7, 11) is -2.06. The van der Waals surface area contributed by atoms with Crippen LogP contribution in [0.3, 0.4) is 0 Å². The number of methoxy groups -OCH3 is 1. The Kier molecular flexibility index (Phi) is 31.1. The Labute approximate surface area is 630 Å². The molecule has 16 atom stereocenters. The minimum Gasteiger partial charge on any atom is -0.462 e. The third kappa shape index (κ3) is 20.5. The first-order chi connectivity index (χ1) is 44.5. The summed E-state index contributed by atoms with van der Waals surface area (Å²) >= 11 is 0. The highest BCUT2D eigenvalue weighted by Crippen LogP contribution is 2.62. The van der Waals surface area contributed by atoms with Crippen LogP contribution in [0.25, 0.3) is 0 Å². The molecule has 16 rings (SSSR count). The van der Waals surface area contributed by atoms with Gasteiger partial charge >= 0.3 is 53.7 Å². The summed E-state index contributed by atoms with van der Waals surface area (Å²) in [6, 6.07) is 0. The van der Waals surface area contributed by atoms with E-state index in [1.807, 2.05) is 90.0 Å². The molecule has 16 bridgehead atoms. The highest BCUT2D eigenvalue weighted by Gasteiger charge is 2.68. The van der Waals surface area contributed by atoms with Gasteiger partial charge in [0.15, 0.2) is 0 Å². The summed E-state index contributed by atoms with van der Waals surface area (Å²) in [5.74, 6) is -4.72. The molecule has 24 nitrogen and oxygen atoms in total. The lowest BCUT2D eigenvalue weighted by Crippen LogP contribution is -2.59. The number of hydrogen-bond acceptors (Lipinski definition) is 23. The van der Waals surface area contributed by atoms with E-state index in [1.54, 1.807) is 21.0 Å². The zero-order chi connectivity index (χ0) is 72.1. The maximum Gasteiger partial charge on any atom is 0.312 e. The lowest BCUT2D eigenvalue weighted by Gasteiger charge is -2.52. The van der Waals surface area contributed by atoms with E-state index < -0.39 is 118 Å². The number of rotatable bonds is 16. The van der Waals surface area contributed by atoms with Crippen LogP contribution in [0.1, 0.15) is 317 Å². The van der Waals surface area contributed by atoms with Gasteiger partial charge in [0, 0.05) is 103 Å². The molecule has 16 aliphatic rings. The summed E-state index contributed by atoms with van der Waals surface area (Å²) in [5.41, 5.74) is -9.41. The number of ether oxygens (including phenoxy) is 10.